The van der Waals surface area contributed by atoms with Crippen LogP contribution in [0, 0.1) is 5.82 Å². The fourth-order valence-corrected chi connectivity index (χ4v) is 4.43. The summed E-state index contributed by atoms with van der Waals surface area (Å²) in [5.74, 6) is -0.870. The lowest BCUT2D eigenvalue weighted by atomic mass is 10.1. The first-order chi connectivity index (χ1) is 15.0. The number of anilines is 2. The topological polar surface area (TPSA) is 67.4 Å². The summed E-state index contributed by atoms with van der Waals surface area (Å²) in [7, 11) is 1.48. The number of hydrogen-bond donors (Lipinski definition) is 2. The second kappa shape index (κ2) is 8.75. The first-order valence-corrected chi connectivity index (χ1v) is 10.4. The van der Waals surface area contributed by atoms with Crippen molar-refractivity contribution in [2.24, 2.45) is 0 Å². The molecule has 1 aromatic heterocycles. The number of benzene rings is 3. The average molecular weight is 455 g/mol. The van der Waals surface area contributed by atoms with Crippen LogP contribution < -0.4 is 15.4 Å². The van der Waals surface area contributed by atoms with E-state index in [-0.39, 0.29) is 5.56 Å². The molecule has 4 rings (SSSR count). The van der Waals surface area contributed by atoms with E-state index in [1.54, 1.807) is 12.1 Å². The molecule has 2 amide bonds. The lowest BCUT2D eigenvalue weighted by molar-refractivity contribution is 0.102. The Morgan fingerprint density at radius 1 is 0.968 bits per heavy atom. The van der Waals surface area contributed by atoms with Crippen molar-refractivity contribution in [3.63, 3.8) is 0 Å². The van der Waals surface area contributed by atoms with Crippen LogP contribution in [-0.2, 0) is 0 Å². The Labute approximate surface area is 186 Å². The highest BCUT2D eigenvalue weighted by Crippen LogP contribution is 2.36. The molecule has 0 saturated heterocycles. The molecule has 1 heterocycles. The molecule has 0 aliphatic rings. The van der Waals surface area contributed by atoms with E-state index in [9.17, 15) is 14.0 Å². The van der Waals surface area contributed by atoms with Gasteiger partial charge in [-0.25, -0.2) is 4.39 Å². The number of ether oxygens (including phenoxy) is 1. The molecular formula is C23H16ClFN2O3S. The third-order valence-electron chi connectivity index (χ3n) is 4.56. The zero-order chi connectivity index (χ0) is 22.0. The fourth-order valence-electron chi connectivity index (χ4n) is 3.02. The van der Waals surface area contributed by atoms with Gasteiger partial charge in [0, 0.05) is 15.8 Å². The Kier molecular flexibility index (Phi) is 5.88. The summed E-state index contributed by atoms with van der Waals surface area (Å²) in [5, 5.41) is 6.61. The van der Waals surface area contributed by atoms with E-state index in [0.29, 0.717) is 27.0 Å². The number of methoxy groups -OCH3 is 1. The summed E-state index contributed by atoms with van der Waals surface area (Å²) in [6.45, 7) is 0. The highest BCUT2D eigenvalue weighted by atomic mass is 35.5. The van der Waals surface area contributed by atoms with E-state index in [4.69, 9.17) is 16.3 Å². The summed E-state index contributed by atoms with van der Waals surface area (Å²) < 4.78 is 19.2. The summed E-state index contributed by atoms with van der Waals surface area (Å²) in [6.07, 6.45) is 0. The molecule has 0 bridgehead atoms. The number of nitrogens with one attached hydrogen (secondary N) is 2. The minimum atomic E-state index is -0.483. The average Bonchev–Trinajstić information content (AvgIpc) is 3.12. The summed E-state index contributed by atoms with van der Waals surface area (Å²) in [4.78, 5) is 26.2. The van der Waals surface area contributed by atoms with Gasteiger partial charge in [0.05, 0.1) is 23.4 Å². The number of thiophene rings is 1. The third-order valence-corrected chi connectivity index (χ3v) is 6.24. The van der Waals surface area contributed by atoms with E-state index < -0.39 is 17.6 Å². The maximum atomic E-state index is 13.1. The number of carbonyl (C=O) groups excluding carboxylic acids is 2. The van der Waals surface area contributed by atoms with Gasteiger partial charge in [0.15, 0.2) is 0 Å². The number of amides is 2. The number of fused-ring (bicyclic) bond motifs is 1. The van der Waals surface area contributed by atoms with Crippen molar-refractivity contribution in [2.45, 2.75) is 0 Å². The molecule has 5 nitrogen and oxygen atoms in total. The van der Waals surface area contributed by atoms with Crippen molar-refractivity contribution in [3.8, 4) is 5.75 Å². The van der Waals surface area contributed by atoms with Gasteiger partial charge >= 0.3 is 0 Å². The second-order valence-corrected chi connectivity index (χ2v) is 8.00. The Hall–Kier alpha value is -3.42. The van der Waals surface area contributed by atoms with E-state index in [2.05, 4.69) is 10.6 Å². The number of hydrogen-bond acceptors (Lipinski definition) is 4. The lowest BCUT2D eigenvalue weighted by Gasteiger charge is -2.13. The molecule has 3 aromatic carbocycles. The molecule has 31 heavy (non-hydrogen) atoms. The van der Waals surface area contributed by atoms with Crippen molar-refractivity contribution in [1.29, 1.82) is 0 Å². The van der Waals surface area contributed by atoms with Crippen molar-refractivity contribution in [1.82, 2.24) is 0 Å². The lowest BCUT2D eigenvalue weighted by Crippen LogP contribution is -2.18. The van der Waals surface area contributed by atoms with E-state index >= 15 is 0 Å². The van der Waals surface area contributed by atoms with Gasteiger partial charge in [-0.2, -0.15) is 0 Å². The summed E-state index contributed by atoms with van der Waals surface area (Å²) >= 11 is 7.68. The van der Waals surface area contributed by atoms with E-state index in [0.717, 1.165) is 10.1 Å². The smallest absolute Gasteiger partial charge is 0.267 e. The number of halogens is 2. The van der Waals surface area contributed by atoms with Crippen LogP contribution in [0.15, 0.2) is 66.7 Å². The van der Waals surface area contributed by atoms with Gasteiger partial charge in [0.25, 0.3) is 11.8 Å². The van der Waals surface area contributed by atoms with Crippen LogP contribution in [0.4, 0.5) is 15.8 Å². The molecular weight excluding hydrogens is 439 g/mol. The highest BCUT2D eigenvalue weighted by Gasteiger charge is 2.20. The first kappa shape index (κ1) is 20.8. The summed E-state index contributed by atoms with van der Waals surface area (Å²) in [5.41, 5.74) is 0.896. The van der Waals surface area contributed by atoms with Gasteiger partial charge in [0.1, 0.15) is 16.4 Å². The van der Waals surface area contributed by atoms with Crippen LogP contribution in [0.25, 0.3) is 10.1 Å². The zero-order valence-electron chi connectivity index (χ0n) is 16.2. The molecule has 0 saturated carbocycles. The van der Waals surface area contributed by atoms with Gasteiger partial charge < -0.3 is 15.4 Å². The predicted molar refractivity (Wildman–Crippen MR) is 122 cm³/mol. The second-order valence-electron chi connectivity index (χ2n) is 6.57. The van der Waals surface area contributed by atoms with Crippen LogP contribution in [0.5, 0.6) is 5.75 Å². The minimum Gasteiger partial charge on any atom is -0.497 e. The molecule has 0 radical (unpaired) electrons. The van der Waals surface area contributed by atoms with Crippen LogP contribution in [0.3, 0.4) is 0 Å². The predicted octanol–water partition coefficient (Wildman–Crippen LogP) is 6.21. The van der Waals surface area contributed by atoms with Gasteiger partial charge in [0.2, 0.25) is 0 Å². The van der Waals surface area contributed by atoms with Crippen molar-refractivity contribution < 1.29 is 18.7 Å². The SMILES string of the molecule is COc1ccc(NC(=O)c2sc3ccccc3c2Cl)c(C(=O)Nc2ccc(F)cc2)c1. The Morgan fingerprint density at radius 2 is 1.71 bits per heavy atom. The minimum absolute atomic E-state index is 0.189. The Balaban J connectivity index is 1.64. The van der Waals surface area contributed by atoms with Gasteiger partial charge in [-0.15, -0.1) is 11.3 Å². The third kappa shape index (κ3) is 4.38. The maximum Gasteiger partial charge on any atom is 0.267 e. The molecule has 4 aromatic rings. The van der Waals surface area contributed by atoms with Crippen LogP contribution >= 0.6 is 22.9 Å². The van der Waals surface area contributed by atoms with Crippen LogP contribution in [0.1, 0.15) is 20.0 Å². The number of carbonyl (C=O) groups is 2. The first-order valence-electron chi connectivity index (χ1n) is 9.19. The quantitative estimate of drug-likeness (QED) is 0.377. The molecule has 0 atom stereocenters. The Morgan fingerprint density at radius 3 is 2.42 bits per heavy atom. The van der Waals surface area contributed by atoms with Crippen molar-refractivity contribution in [3.05, 3.63) is 88.0 Å². The van der Waals surface area contributed by atoms with E-state index in [1.165, 1.54) is 48.8 Å². The highest BCUT2D eigenvalue weighted by molar-refractivity contribution is 7.21. The molecule has 2 N–H and O–H groups in total. The standard InChI is InChI=1S/C23H16ClFN2O3S/c1-30-15-10-11-18(17(12-15)22(28)26-14-8-6-13(25)7-9-14)27-23(29)21-20(24)16-4-2-3-5-19(16)31-21/h2-12H,1H3,(H,26,28)(H,27,29). The van der Waals surface area contributed by atoms with Crippen LogP contribution in [-0.4, -0.2) is 18.9 Å². The van der Waals surface area contributed by atoms with Gasteiger partial charge in [-0.3, -0.25) is 9.59 Å². The van der Waals surface area contributed by atoms with Crippen LogP contribution in [0.2, 0.25) is 5.02 Å². The summed E-state index contributed by atoms with van der Waals surface area (Å²) in [6, 6.07) is 17.6. The monoisotopic (exact) mass is 454 g/mol. The maximum absolute atomic E-state index is 13.1. The normalized spacial score (nSPS) is 10.7. The fraction of sp³-hybridized carbons (Fsp3) is 0.0435. The molecule has 156 valence electrons. The van der Waals surface area contributed by atoms with Crippen molar-refractivity contribution in [2.75, 3.05) is 17.7 Å². The van der Waals surface area contributed by atoms with E-state index in [1.807, 2.05) is 24.3 Å². The van der Waals surface area contributed by atoms with Crippen molar-refractivity contribution >= 4 is 56.2 Å². The number of rotatable bonds is 5. The van der Waals surface area contributed by atoms with Gasteiger partial charge in [-0.05, 0) is 48.5 Å². The molecule has 0 spiro atoms. The molecule has 0 unspecified atom stereocenters. The molecule has 0 fully saturated rings. The molecule has 8 heteroatoms. The van der Waals surface area contributed by atoms with Gasteiger partial charge in [-0.1, -0.05) is 29.8 Å². The Bertz CT molecular complexity index is 1290. The largest absolute Gasteiger partial charge is 0.497 e. The zero-order valence-corrected chi connectivity index (χ0v) is 17.8. The molecule has 0 aliphatic carbocycles. The molecule has 0 aliphatic heterocycles.